The number of hydrogen-bond donors (Lipinski definition) is 1. The van der Waals surface area contributed by atoms with Crippen LogP contribution in [0.25, 0.3) is 11.3 Å². The number of nitrogens with one attached hydrogen (secondary N) is 1. The fourth-order valence-electron chi connectivity index (χ4n) is 5.95. The van der Waals surface area contributed by atoms with Crippen molar-refractivity contribution >= 4 is 5.82 Å². The molecule has 2 aromatic rings. The number of anilines is 1. The van der Waals surface area contributed by atoms with Crippen LogP contribution in [0.3, 0.4) is 0 Å². The molecular weight excluding hydrogens is 486 g/mol. The van der Waals surface area contributed by atoms with Gasteiger partial charge in [0.25, 0.3) is 0 Å². The Morgan fingerprint density at radius 2 is 1.53 bits per heavy atom. The van der Waals surface area contributed by atoms with E-state index >= 15 is 0 Å². The maximum atomic E-state index is 13.9. The van der Waals surface area contributed by atoms with Crippen LogP contribution in [0.4, 0.5) is 32.2 Å². The fourth-order valence-corrected chi connectivity index (χ4v) is 5.95. The van der Waals surface area contributed by atoms with E-state index in [0.717, 1.165) is 70.7 Å². The average Bonchev–Trinajstić information content (AvgIpc) is 3.36. The molecule has 11 heteroatoms. The van der Waals surface area contributed by atoms with Gasteiger partial charge in [0.2, 0.25) is 0 Å². The number of nitrogens with zero attached hydrogens (tertiary/aromatic N) is 3. The summed E-state index contributed by atoms with van der Waals surface area (Å²) in [6.45, 7) is 4.52. The first-order chi connectivity index (χ1) is 17.1. The third kappa shape index (κ3) is 5.46. The van der Waals surface area contributed by atoms with Crippen LogP contribution in [-0.4, -0.2) is 54.0 Å². The van der Waals surface area contributed by atoms with Crippen LogP contribution in [0.15, 0.2) is 30.3 Å². The number of halogens is 6. The van der Waals surface area contributed by atoms with Gasteiger partial charge in [0.1, 0.15) is 5.56 Å². The quantitative estimate of drug-likeness (QED) is 0.517. The lowest BCUT2D eigenvalue weighted by Crippen LogP contribution is -2.32. The highest BCUT2D eigenvalue weighted by atomic mass is 19.4. The van der Waals surface area contributed by atoms with Crippen molar-refractivity contribution in [3.05, 3.63) is 41.5 Å². The molecule has 1 N–H and O–H groups in total. The van der Waals surface area contributed by atoms with Gasteiger partial charge in [0, 0.05) is 44.5 Å². The van der Waals surface area contributed by atoms with Crippen LogP contribution in [0, 0.1) is 17.8 Å². The van der Waals surface area contributed by atoms with Gasteiger partial charge >= 0.3 is 12.4 Å². The van der Waals surface area contributed by atoms with E-state index in [9.17, 15) is 26.3 Å². The minimum absolute atomic E-state index is 0.186. The minimum Gasteiger partial charge on any atom is -0.381 e. The predicted molar refractivity (Wildman–Crippen MR) is 121 cm³/mol. The van der Waals surface area contributed by atoms with E-state index in [2.05, 4.69) is 20.4 Å². The normalized spacial score (nSPS) is 25.8. The zero-order chi connectivity index (χ0) is 25.5. The Morgan fingerprint density at radius 1 is 0.889 bits per heavy atom. The van der Waals surface area contributed by atoms with E-state index in [1.165, 1.54) is 12.1 Å². The zero-order valence-corrected chi connectivity index (χ0v) is 19.6. The van der Waals surface area contributed by atoms with Crippen LogP contribution < -0.4 is 5.32 Å². The van der Waals surface area contributed by atoms with E-state index < -0.39 is 40.6 Å². The van der Waals surface area contributed by atoms with Crippen LogP contribution in [0.2, 0.25) is 0 Å². The summed E-state index contributed by atoms with van der Waals surface area (Å²) < 4.78 is 87.4. The molecule has 196 valence electrons. The van der Waals surface area contributed by atoms with Crippen molar-refractivity contribution in [1.82, 2.24) is 15.1 Å². The molecule has 0 spiro atoms. The molecule has 1 aromatic carbocycles. The third-order valence-electron chi connectivity index (χ3n) is 7.63. The Labute approximate surface area is 205 Å². The topological polar surface area (TPSA) is 50.3 Å². The van der Waals surface area contributed by atoms with Gasteiger partial charge in [0.05, 0.1) is 11.3 Å². The van der Waals surface area contributed by atoms with Gasteiger partial charge in [-0.1, -0.05) is 18.2 Å². The Hall–Kier alpha value is -2.40. The van der Waals surface area contributed by atoms with E-state index in [-0.39, 0.29) is 6.04 Å². The first-order valence-electron chi connectivity index (χ1n) is 12.3. The summed E-state index contributed by atoms with van der Waals surface area (Å²) in [4.78, 5) is 2.47. The number of ether oxygens (including phenoxy) is 1. The number of likely N-dealkylation sites (tertiary alicyclic amines) is 1. The SMILES string of the molecule is FC(F)(F)c1ccccc1-c1cc(C(F)(F)F)c(N[C@H]2C[C@@H]3CN(CC4CCOCC4)C[C@@H]3C2)nn1. The van der Waals surface area contributed by atoms with Crippen molar-refractivity contribution in [3.63, 3.8) is 0 Å². The van der Waals surface area contributed by atoms with Gasteiger partial charge in [-0.25, -0.2) is 0 Å². The molecule has 36 heavy (non-hydrogen) atoms. The van der Waals surface area contributed by atoms with Gasteiger partial charge in [-0.05, 0) is 55.6 Å². The second-order valence-corrected chi connectivity index (χ2v) is 10.1. The Morgan fingerprint density at radius 3 is 2.17 bits per heavy atom. The second kappa shape index (κ2) is 9.81. The van der Waals surface area contributed by atoms with Gasteiger partial charge in [-0.15, -0.1) is 10.2 Å². The lowest BCUT2D eigenvalue weighted by Gasteiger charge is -2.28. The third-order valence-corrected chi connectivity index (χ3v) is 7.63. The molecule has 0 bridgehead atoms. The molecule has 3 heterocycles. The zero-order valence-electron chi connectivity index (χ0n) is 19.6. The maximum Gasteiger partial charge on any atom is 0.420 e. The van der Waals surface area contributed by atoms with Gasteiger partial charge < -0.3 is 15.0 Å². The largest absolute Gasteiger partial charge is 0.420 e. The highest BCUT2D eigenvalue weighted by Crippen LogP contribution is 2.43. The Kier molecular flexibility index (Phi) is 6.88. The number of hydrogen-bond acceptors (Lipinski definition) is 5. The van der Waals surface area contributed by atoms with Crippen LogP contribution in [0.5, 0.6) is 0 Å². The van der Waals surface area contributed by atoms with Crippen molar-refractivity contribution in [1.29, 1.82) is 0 Å². The van der Waals surface area contributed by atoms with E-state index in [1.807, 2.05) is 0 Å². The standard InChI is InChI=1S/C25H28F6N4O/c26-24(27,28)20-4-2-1-3-19(20)22-11-21(25(29,30)31)23(34-33-22)32-18-9-16-13-35(14-17(16)10-18)12-15-5-7-36-8-6-15/h1-4,11,15-18H,5-10,12-14H2,(H,32,34)/t16-,17+,18+. The Bertz CT molecular complexity index is 1060. The van der Waals surface area contributed by atoms with Gasteiger partial charge in [-0.2, -0.15) is 26.3 Å². The van der Waals surface area contributed by atoms with E-state index in [1.54, 1.807) is 0 Å². The van der Waals surface area contributed by atoms with Crippen LogP contribution in [-0.2, 0) is 17.1 Å². The average molecular weight is 515 g/mol. The summed E-state index contributed by atoms with van der Waals surface area (Å²) in [7, 11) is 0. The van der Waals surface area contributed by atoms with Crippen molar-refractivity contribution in [2.24, 2.45) is 17.8 Å². The molecule has 3 fully saturated rings. The maximum absolute atomic E-state index is 13.9. The summed E-state index contributed by atoms with van der Waals surface area (Å²) in [6, 6.07) is 4.90. The number of alkyl halides is 6. The molecule has 0 unspecified atom stereocenters. The first kappa shape index (κ1) is 25.3. The van der Waals surface area contributed by atoms with Crippen molar-refractivity contribution in [3.8, 4) is 11.3 Å². The van der Waals surface area contributed by atoms with Crippen molar-refractivity contribution in [2.75, 3.05) is 38.2 Å². The molecule has 1 aliphatic carbocycles. The summed E-state index contributed by atoms with van der Waals surface area (Å²) in [6.07, 6.45) is -5.93. The molecule has 0 radical (unpaired) electrons. The van der Waals surface area contributed by atoms with Crippen LogP contribution >= 0.6 is 0 Å². The molecule has 1 aromatic heterocycles. The van der Waals surface area contributed by atoms with Crippen LogP contribution in [0.1, 0.15) is 36.8 Å². The number of aromatic nitrogens is 2. The predicted octanol–water partition coefficient (Wildman–Crippen LogP) is 5.73. The molecule has 0 amide bonds. The summed E-state index contributed by atoms with van der Waals surface area (Å²) in [5.74, 6) is 1.02. The molecule has 5 nitrogen and oxygen atoms in total. The van der Waals surface area contributed by atoms with Gasteiger partial charge in [-0.3, -0.25) is 0 Å². The molecule has 2 saturated heterocycles. The fraction of sp³-hybridized carbons (Fsp3) is 0.600. The highest BCUT2D eigenvalue weighted by molar-refractivity contribution is 5.66. The molecule has 3 aliphatic rings. The smallest absolute Gasteiger partial charge is 0.381 e. The summed E-state index contributed by atoms with van der Waals surface area (Å²) in [5.41, 5.74) is -3.06. The first-order valence-corrected chi connectivity index (χ1v) is 12.3. The molecule has 3 atom stereocenters. The monoisotopic (exact) mass is 514 g/mol. The number of fused-ring (bicyclic) bond motifs is 1. The lowest BCUT2D eigenvalue weighted by atomic mass is 10.00. The van der Waals surface area contributed by atoms with Crippen molar-refractivity contribution in [2.45, 2.75) is 44.1 Å². The number of benzene rings is 1. The molecule has 2 aliphatic heterocycles. The lowest BCUT2D eigenvalue weighted by molar-refractivity contribution is -0.137. The molecule has 5 rings (SSSR count). The number of rotatable bonds is 5. The highest BCUT2D eigenvalue weighted by Gasteiger charge is 2.43. The second-order valence-electron chi connectivity index (χ2n) is 10.1. The van der Waals surface area contributed by atoms with E-state index in [0.29, 0.717) is 23.8 Å². The molecular formula is C25H28F6N4O. The van der Waals surface area contributed by atoms with Crippen molar-refractivity contribution < 1.29 is 31.1 Å². The molecule has 1 saturated carbocycles. The summed E-state index contributed by atoms with van der Waals surface area (Å²) in [5, 5.41) is 10.4. The van der Waals surface area contributed by atoms with Gasteiger partial charge in [0.15, 0.2) is 5.82 Å². The Balaban J connectivity index is 1.29. The minimum atomic E-state index is -4.80. The summed E-state index contributed by atoms with van der Waals surface area (Å²) >= 11 is 0. The van der Waals surface area contributed by atoms with E-state index in [4.69, 9.17) is 4.74 Å².